The van der Waals surface area contributed by atoms with Crippen molar-refractivity contribution >= 4 is 5.91 Å². The largest absolute Gasteiger partial charge is 0.364 e. The molecular formula is C13H21N3O3. The van der Waals surface area contributed by atoms with Gasteiger partial charge in [-0.3, -0.25) is 4.79 Å². The molecule has 1 aromatic heterocycles. The second-order valence-electron chi connectivity index (χ2n) is 5.55. The summed E-state index contributed by atoms with van der Waals surface area (Å²) in [6.07, 6.45) is 0. The maximum atomic E-state index is 12.0. The minimum atomic E-state index is -0.0318. The summed E-state index contributed by atoms with van der Waals surface area (Å²) in [4.78, 5) is 13.8. The number of hydrogen-bond donors (Lipinski definition) is 1. The minimum Gasteiger partial charge on any atom is -0.364 e. The molecule has 1 aliphatic heterocycles. The van der Waals surface area contributed by atoms with Crippen molar-refractivity contribution in [3.05, 3.63) is 17.5 Å². The summed E-state index contributed by atoms with van der Waals surface area (Å²) < 4.78 is 10.4. The van der Waals surface area contributed by atoms with Gasteiger partial charge in [0.05, 0.1) is 5.69 Å². The molecule has 2 rings (SSSR count). The summed E-state index contributed by atoms with van der Waals surface area (Å²) in [5.74, 6) is 0.664. The van der Waals surface area contributed by atoms with Crippen molar-refractivity contribution in [3.8, 4) is 0 Å². The molecule has 1 amide bonds. The van der Waals surface area contributed by atoms with Crippen LogP contribution in [0.5, 0.6) is 0 Å². The first-order chi connectivity index (χ1) is 8.96. The van der Waals surface area contributed by atoms with Crippen LogP contribution in [-0.2, 0) is 16.1 Å². The van der Waals surface area contributed by atoms with Gasteiger partial charge in [0, 0.05) is 31.2 Å². The van der Waals surface area contributed by atoms with Crippen LogP contribution in [0.3, 0.4) is 0 Å². The lowest BCUT2D eigenvalue weighted by molar-refractivity contribution is -0.138. The highest BCUT2D eigenvalue weighted by atomic mass is 16.5. The minimum absolute atomic E-state index is 0.0193. The molecule has 0 unspecified atom stereocenters. The molecule has 0 radical (unpaired) electrons. The maximum absolute atomic E-state index is 12.0. The van der Waals surface area contributed by atoms with E-state index < -0.39 is 0 Å². The van der Waals surface area contributed by atoms with E-state index in [0.29, 0.717) is 12.3 Å². The number of nitrogens with zero attached hydrogens (tertiary/aromatic N) is 2. The van der Waals surface area contributed by atoms with Gasteiger partial charge in [-0.2, -0.15) is 0 Å². The molecule has 1 aromatic rings. The van der Waals surface area contributed by atoms with Gasteiger partial charge in [-0.15, -0.1) is 0 Å². The molecule has 0 saturated carbocycles. The molecule has 0 aromatic carbocycles. The molecule has 6 heteroatoms. The van der Waals surface area contributed by atoms with Crippen LogP contribution in [0.25, 0.3) is 0 Å². The number of hydrogen-bond acceptors (Lipinski definition) is 5. The van der Waals surface area contributed by atoms with Crippen LogP contribution in [-0.4, -0.2) is 47.7 Å². The molecule has 0 bridgehead atoms. The van der Waals surface area contributed by atoms with Crippen LogP contribution in [0.1, 0.15) is 25.3 Å². The molecular weight excluding hydrogens is 246 g/mol. The van der Waals surface area contributed by atoms with Crippen LogP contribution >= 0.6 is 0 Å². The van der Waals surface area contributed by atoms with Gasteiger partial charge in [0.15, 0.2) is 5.76 Å². The molecule has 6 nitrogen and oxygen atoms in total. The Bertz CT molecular complexity index is 442. The Labute approximate surface area is 113 Å². The average Bonchev–Trinajstić information content (AvgIpc) is 2.73. The summed E-state index contributed by atoms with van der Waals surface area (Å²) in [6, 6.07) is 1.80. The van der Waals surface area contributed by atoms with E-state index in [-0.39, 0.29) is 24.7 Å². The van der Waals surface area contributed by atoms with Crippen molar-refractivity contribution < 1.29 is 14.1 Å². The molecule has 106 valence electrons. The van der Waals surface area contributed by atoms with Gasteiger partial charge in [0.25, 0.3) is 0 Å². The van der Waals surface area contributed by atoms with Crippen molar-refractivity contribution in [2.75, 3.05) is 26.2 Å². The third kappa shape index (κ3) is 4.04. The Morgan fingerprint density at radius 1 is 1.63 bits per heavy atom. The first-order valence-corrected chi connectivity index (χ1v) is 6.49. The van der Waals surface area contributed by atoms with Crippen molar-refractivity contribution in [1.29, 1.82) is 0 Å². The highest BCUT2D eigenvalue weighted by molar-refractivity contribution is 5.77. The molecule has 1 N–H and O–H groups in total. The van der Waals surface area contributed by atoms with Gasteiger partial charge >= 0.3 is 0 Å². The predicted molar refractivity (Wildman–Crippen MR) is 69.6 cm³/mol. The van der Waals surface area contributed by atoms with E-state index in [1.807, 2.05) is 11.8 Å². The van der Waals surface area contributed by atoms with Crippen molar-refractivity contribution in [2.45, 2.75) is 32.9 Å². The van der Waals surface area contributed by atoms with Gasteiger partial charge in [-0.1, -0.05) is 5.16 Å². The van der Waals surface area contributed by atoms with E-state index in [9.17, 15) is 4.79 Å². The summed E-state index contributed by atoms with van der Waals surface area (Å²) in [7, 11) is 0. The fraction of sp³-hybridized carbons (Fsp3) is 0.692. The van der Waals surface area contributed by atoms with Crippen LogP contribution < -0.4 is 5.32 Å². The Kier molecular flexibility index (Phi) is 4.21. The summed E-state index contributed by atoms with van der Waals surface area (Å²) >= 11 is 0. The number of piperazine rings is 1. The lowest BCUT2D eigenvalue weighted by atomic mass is 10.0. The molecule has 1 saturated heterocycles. The fourth-order valence-corrected chi connectivity index (χ4v) is 2.17. The number of ether oxygens (including phenoxy) is 1. The normalized spacial score (nSPS) is 18.6. The second kappa shape index (κ2) is 5.71. The zero-order valence-electron chi connectivity index (χ0n) is 11.7. The third-order valence-electron chi connectivity index (χ3n) is 3.07. The number of aryl methyl sites for hydroxylation is 1. The van der Waals surface area contributed by atoms with E-state index in [0.717, 1.165) is 18.8 Å². The first kappa shape index (κ1) is 14.0. The number of rotatable bonds is 4. The van der Waals surface area contributed by atoms with E-state index in [4.69, 9.17) is 9.26 Å². The van der Waals surface area contributed by atoms with Crippen LogP contribution in [0.2, 0.25) is 0 Å². The topological polar surface area (TPSA) is 67.6 Å². The van der Waals surface area contributed by atoms with Crippen molar-refractivity contribution in [3.63, 3.8) is 0 Å². The number of amides is 1. The van der Waals surface area contributed by atoms with Crippen LogP contribution in [0.4, 0.5) is 0 Å². The predicted octanol–water partition coefficient (Wildman–Crippen LogP) is 0.710. The summed E-state index contributed by atoms with van der Waals surface area (Å²) in [5.41, 5.74) is 0.782. The average molecular weight is 267 g/mol. The Hall–Kier alpha value is -1.40. The number of carbonyl (C=O) groups excluding carboxylic acids is 1. The quantitative estimate of drug-likeness (QED) is 0.870. The molecule has 2 heterocycles. The monoisotopic (exact) mass is 267 g/mol. The first-order valence-electron chi connectivity index (χ1n) is 6.49. The number of aromatic nitrogens is 1. The Morgan fingerprint density at radius 3 is 3.05 bits per heavy atom. The lowest BCUT2D eigenvalue weighted by Gasteiger charge is -2.39. The zero-order valence-corrected chi connectivity index (χ0v) is 11.7. The van der Waals surface area contributed by atoms with E-state index >= 15 is 0 Å². The SMILES string of the molecule is Cc1cc(COCC(=O)N2CCNC(C)(C)C2)on1. The van der Waals surface area contributed by atoms with Gasteiger partial charge < -0.3 is 19.5 Å². The highest BCUT2D eigenvalue weighted by Crippen LogP contribution is 2.10. The molecule has 1 fully saturated rings. The van der Waals surface area contributed by atoms with Gasteiger partial charge in [-0.25, -0.2) is 0 Å². The Morgan fingerprint density at radius 2 is 2.42 bits per heavy atom. The number of carbonyl (C=O) groups is 1. The van der Waals surface area contributed by atoms with Crippen LogP contribution in [0.15, 0.2) is 10.6 Å². The fourth-order valence-electron chi connectivity index (χ4n) is 2.17. The summed E-state index contributed by atoms with van der Waals surface area (Å²) in [5, 5.41) is 7.13. The Balaban J connectivity index is 1.75. The second-order valence-corrected chi connectivity index (χ2v) is 5.55. The van der Waals surface area contributed by atoms with Crippen molar-refractivity contribution in [1.82, 2.24) is 15.4 Å². The van der Waals surface area contributed by atoms with Gasteiger partial charge in [-0.05, 0) is 20.8 Å². The van der Waals surface area contributed by atoms with Crippen molar-refractivity contribution in [2.24, 2.45) is 0 Å². The van der Waals surface area contributed by atoms with Gasteiger partial charge in [0.2, 0.25) is 5.91 Å². The molecule has 0 atom stereocenters. The summed E-state index contributed by atoms with van der Waals surface area (Å²) in [6.45, 7) is 8.64. The number of nitrogens with one attached hydrogen (secondary N) is 1. The molecule has 1 aliphatic rings. The van der Waals surface area contributed by atoms with E-state index in [1.54, 1.807) is 6.07 Å². The maximum Gasteiger partial charge on any atom is 0.248 e. The lowest BCUT2D eigenvalue weighted by Crippen LogP contribution is -2.58. The zero-order chi connectivity index (χ0) is 13.9. The standard InChI is InChI=1S/C13H21N3O3/c1-10-6-11(19-15-10)7-18-8-12(17)16-5-4-14-13(2,3)9-16/h6,14H,4-5,7-9H2,1-3H3. The van der Waals surface area contributed by atoms with Gasteiger partial charge in [0.1, 0.15) is 13.2 Å². The molecule has 19 heavy (non-hydrogen) atoms. The van der Waals surface area contributed by atoms with E-state index in [1.165, 1.54) is 0 Å². The third-order valence-corrected chi connectivity index (χ3v) is 3.07. The van der Waals surface area contributed by atoms with Crippen LogP contribution in [0, 0.1) is 6.92 Å². The highest BCUT2D eigenvalue weighted by Gasteiger charge is 2.28. The van der Waals surface area contributed by atoms with E-state index in [2.05, 4.69) is 24.3 Å². The molecule has 0 aliphatic carbocycles. The molecule has 0 spiro atoms. The smallest absolute Gasteiger partial charge is 0.248 e.